The molecule has 0 saturated carbocycles. The third-order valence-electron chi connectivity index (χ3n) is 6.30. The molecule has 4 rings (SSSR count). The van der Waals surface area contributed by atoms with Crippen LogP contribution >= 0.6 is 11.6 Å². The van der Waals surface area contributed by atoms with Gasteiger partial charge in [-0.05, 0) is 41.0 Å². The summed E-state index contributed by atoms with van der Waals surface area (Å²) in [7, 11) is 0. The third kappa shape index (κ3) is 7.61. The maximum Gasteiger partial charge on any atom is 0.417 e. The summed E-state index contributed by atoms with van der Waals surface area (Å²) < 4.78 is 39.6. The number of carbonyl (C=O) groups is 2. The Morgan fingerprint density at radius 1 is 1.00 bits per heavy atom. The van der Waals surface area contributed by atoms with Crippen LogP contribution in [-0.4, -0.2) is 48.9 Å². The van der Waals surface area contributed by atoms with Gasteiger partial charge in [-0.25, -0.2) is 0 Å². The molecule has 0 fully saturated rings. The van der Waals surface area contributed by atoms with Gasteiger partial charge in [0, 0.05) is 31.4 Å². The Labute approximate surface area is 229 Å². The minimum absolute atomic E-state index is 0.0780. The summed E-state index contributed by atoms with van der Waals surface area (Å²) in [6.07, 6.45) is -0.927. The smallest absolute Gasteiger partial charge is 0.353 e. The van der Waals surface area contributed by atoms with Crippen LogP contribution < -0.4 is 16.0 Å². The number of anilines is 1. The second-order valence-electron chi connectivity index (χ2n) is 9.25. The molecule has 3 aromatic rings. The van der Waals surface area contributed by atoms with Crippen molar-refractivity contribution in [2.24, 2.45) is 5.73 Å². The number of hydrogen-bond donors (Lipinski definition) is 2. The Morgan fingerprint density at radius 2 is 1.74 bits per heavy atom. The number of halogens is 4. The number of nitrogens with two attached hydrogens (primary N) is 1. The van der Waals surface area contributed by atoms with Gasteiger partial charge < -0.3 is 20.9 Å². The summed E-state index contributed by atoms with van der Waals surface area (Å²) in [5.74, 6) is -0.646. The van der Waals surface area contributed by atoms with Crippen LogP contribution in [0.2, 0.25) is 5.02 Å². The van der Waals surface area contributed by atoms with E-state index in [4.69, 9.17) is 17.3 Å². The van der Waals surface area contributed by atoms with Crippen LogP contribution in [0.3, 0.4) is 0 Å². The first kappa shape index (κ1) is 28.2. The van der Waals surface area contributed by atoms with E-state index in [1.54, 1.807) is 9.80 Å². The van der Waals surface area contributed by atoms with E-state index in [1.165, 1.54) is 6.07 Å². The molecule has 0 saturated heterocycles. The van der Waals surface area contributed by atoms with Crippen molar-refractivity contribution in [3.8, 4) is 11.1 Å². The van der Waals surface area contributed by atoms with E-state index < -0.39 is 22.7 Å². The summed E-state index contributed by atoms with van der Waals surface area (Å²) in [5.41, 5.74) is 7.81. The molecule has 0 bridgehead atoms. The van der Waals surface area contributed by atoms with Crippen LogP contribution in [0.15, 0.2) is 84.9 Å². The SMILES string of the molecule is NC1C=CCN(C(=O)CN(CC(=O)NCc2ccc(Cl)c(C(F)(F)F)c2)c2cccc(-c3ccccc3)c2)C1. The molecule has 3 aromatic carbocycles. The number of rotatable bonds is 8. The van der Waals surface area contributed by atoms with E-state index in [1.807, 2.05) is 66.7 Å². The Balaban J connectivity index is 1.52. The number of alkyl halides is 3. The van der Waals surface area contributed by atoms with Gasteiger partial charge in [0.2, 0.25) is 11.8 Å². The first-order valence-electron chi connectivity index (χ1n) is 12.3. The number of amides is 2. The summed E-state index contributed by atoms with van der Waals surface area (Å²) in [5, 5.41) is 2.25. The van der Waals surface area contributed by atoms with Crippen molar-refractivity contribution in [3.63, 3.8) is 0 Å². The highest BCUT2D eigenvalue weighted by Crippen LogP contribution is 2.35. The molecule has 0 aliphatic carbocycles. The van der Waals surface area contributed by atoms with Crippen molar-refractivity contribution in [3.05, 3.63) is 101 Å². The molecule has 1 heterocycles. The summed E-state index contributed by atoms with van der Waals surface area (Å²) in [6.45, 7) is 0.410. The van der Waals surface area contributed by atoms with Crippen molar-refractivity contribution in [2.75, 3.05) is 31.1 Å². The van der Waals surface area contributed by atoms with Crippen molar-refractivity contribution >= 4 is 29.1 Å². The van der Waals surface area contributed by atoms with E-state index in [-0.39, 0.29) is 37.1 Å². The lowest BCUT2D eigenvalue weighted by Gasteiger charge is -2.31. The van der Waals surface area contributed by atoms with Gasteiger partial charge in [0.05, 0.1) is 23.7 Å². The van der Waals surface area contributed by atoms with E-state index in [2.05, 4.69) is 5.32 Å². The average molecular weight is 557 g/mol. The molecule has 0 spiro atoms. The lowest BCUT2D eigenvalue weighted by Crippen LogP contribution is -2.48. The van der Waals surface area contributed by atoms with Gasteiger partial charge in [0.15, 0.2) is 0 Å². The fraction of sp³-hybridized carbons (Fsp3) is 0.241. The van der Waals surface area contributed by atoms with Crippen molar-refractivity contribution in [1.82, 2.24) is 10.2 Å². The largest absolute Gasteiger partial charge is 0.417 e. The number of hydrogen-bond acceptors (Lipinski definition) is 4. The molecule has 0 aromatic heterocycles. The molecular weight excluding hydrogens is 529 g/mol. The minimum Gasteiger partial charge on any atom is -0.353 e. The van der Waals surface area contributed by atoms with E-state index >= 15 is 0 Å². The topological polar surface area (TPSA) is 78.7 Å². The van der Waals surface area contributed by atoms with Gasteiger partial charge in [-0.3, -0.25) is 9.59 Å². The zero-order valence-electron chi connectivity index (χ0n) is 21.0. The van der Waals surface area contributed by atoms with Gasteiger partial charge in [-0.2, -0.15) is 13.2 Å². The van der Waals surface area contributed by atoms with E-state index in [0.717, 1.165) is 23.3 Å². The second-order valence-corrected chi connectivity index (χ2v) is 9.66. The molecule has 2 amide bonds. The van der Waals surface area contributed by atoms with Crippen LogP contribution in [0.1, 0.15) is 11.1 Å². The third-order valence-corrected chi connectivity index (χ3v) is 6.63. The van der Waals surface area contributed by atoms with Crippen molar-refractivity contribution in [2.45, 2.75) is 18.8 Å². The predicted molar refractivity (Wildman–Crippen MR) is 146 cm³/mol. The van der Waals surface area contributed by atoms with Crippen molar-refractivity contribution < 1.29 is 22.8 Å². The highest BCUT2D eigenvalue weighted by Gasteiger charge is 2.33. The van der Waals surface area contributed by atoms with Crippen molar-refractivity contribution in [1.29, 1.82) is 0 Å². The molecule has 204 valence electrons. The van der Waals surface area contributed by atoms with Gasteiger partial charge in [-0.1, -0.05) is 72.3 Å². The van der Waals surface area contributed by atoms with Gasteiger partial charge >= 0.3 is 6.18 Å². The average Bonchev–Trinajstić information content (AvgIpc) is 2.92. The fourth-order valence-corrected chi connectivity index (χ4v) is 4.53. The number of nitrogens with zero attached hydrogens (tertiary/aromatic N) is 2. The molecule has 6 nitrogen and oxygen atoms in total. The molecule has 1 atom stereocenters. The maximum absolute atomic E-state index is 13.2. The number of benzene rings is 3. The molecular formula is C29H28ClF3N4O2. The maximum atomic E-state index is 13.2. The van der Waals surface area contributed by atoms with Gasteiger partial charge in [-0.15, -0.1) is 0 Å². The molecule has 39 heavy (non-hydrogen) atoms. The molecule has 1 unspecified atom stereocenters. The van der Waals surface area contributed by atoms with Gasteiger partial charge in [0.1, 0.15) is 0 Å². The zero-order chi connectivity index (χ0) is 28.0. The highest BCUT2D eigenvalue weighted by molar-refractivity contribution is 6.31. The second kappa shape index (κ2) is 12.4. The molecule has 0 radical (unpaired) electrons. The van der Waals surface area contributed by atoms with E-state index in [0.29, 0.717) is 18.8 Å². The van der Waals surface area contributed by atoms with Gasteiger partial charge in [0.25, 0.3) is 0 Å². The minimum atomic E-state index is -4.61. The predicted octanol–water partition coefficient (Wildman–Crippen LogP) is 4.87. The lowest BCUT2D eigenvalue weighted by molar-refractivity contribution is -0.137. The molecule has 1 aliphatic heterocycles. The monoisotopic (exact) mass is 556 g/mol. The van der Waals surface area contributed by atoms with Crippen LogP contribution in [0.4, 0.5) is 18.9 Å². The normalized spacial score (nSPS) is 15.2. The molecule has 3 N–H and O–H groups in total. The Morgan fingerprint density at radius 3 is 2.46 bits per heavy atom. The Hall–Kier alpha value is -3.82. The quantitative estimate of drug-likeness (QED) is 0.388. The zero-order valence-corrected chi connectivity index (χ0v) is 21.8. The molecule has 10 heteroatoms. The lowest BCUT2D eigenvalue weighted by atomic mass is 10.0. The number of nitrogens with one attached hydrogen (secondary N) is 1. The molecule has 1 aliphatic rings. The van der Waals surface area contributed by atoms with Crippen LogP contribution in [0, 0.1) is 0 Å². The number of carbonyl (C=O) groups excluding carboxylic acids is 2. The summed E-state index contributed by atoms with van der Waals surface area (Å²) in [6, 6.07) is 20.4. The standard InChI is InChI=1S/C29H28ClF3N4O2/c30-26-12-11-20(14-25(26)29(31,32)33)16-35-27(38)18-37(19-28(39)36-13-5-9-23(34)17-36)24-10-4-8-22(15-24)21-6-2-1-3-7-21/h1-12,14-15,23H,13,16-19,34H2,(H,35,38). The Bertz CT molecular complexity index is 1350. The highest BCUT2D eigenvalue weighted by atomic mass is 35.5. The summed E-state index contributed by atoms with van der Waals surface area (Å²) >= 11 is 5.70. The van der Waals surface area contributed by atoms with Crippen LogP contribution in [0.25, 0.3) is 11.1 Å². The fourth-order valence-electron chi connectivity index (χ4n) is 4.30. The first-order valence-corrected chi connectivity index (χ1v) is 12.7. The Kier molecular flexibility index (Phi) is 8.93. The van der Waals surface area contributed by atoms with Crippen LogP contribution in [0.5, 0.6) is 0 Å². The van der Waals surface area contributed by atoms with E-state index in [9.17, 15) is 22.8 Å². The summed E-state index contributed by atoms with van der Waals surface area (Å²) in [4.78, 5) is 29.4. The first-order chi connectivity index (χ1) is 18.6. The van der Waals surface area contributed by atoms with Crippen LogP contribution in [-0.2, 0) is 22.3 Å².